The summed E-state index contributed by atoms with van der Waals surface area (Å²) in [6.45, 7) is 2.52. The lowest BCUT2D eigenvalue weighted by Gasteiger charge is -2.08. The Morgan fingerprint density at radius 2 is 2.05 bits per heavy atom. The van der Waals surface area contributed by atoms with Gasteiger partial charge in [-0.15, -0.1) is 0 Å². The Morgan fingerprint density at radius 3 is 2.70 bits per heavy atom. The molecule has 0 amide bonds. The lowest BCUT2D eigenvalue weighted by molar-refractivity contribution is 0.0690. The average molecular weight is 292 g/mol. The summed E-state index contributed by atoms with van der Waals surface area (Å²) in [5.41, 5.74) is -0.296. The van der Waals surface area contributed by atoms with Crippen molar-refractivity contribution in [3.05, 3.63) is 40.3 Å². The summed E-state index contributed by atoms with van der Waals surface area (Å²) in [4.78, 5) is 23.5. The van der Waals surface area contributed by atoms with Gasteiger partial charge in [-0.2, -0.15) is 16.9 Å². The first-order chi connectivity index (χ1) is 9.65. The quantitative estimate of drug-likeness (QED) is 0.827. The van der Waals surface area contributed by atoms with Gasteiger partial charge in [0.2, 0.25) is 0 Å². The Balaban J connectivity index is 2.42. The van der Waals surface area contributed by atoms with Crippen LogP contribution in [-0.4, -0.2) is 32.4 Å². The molecule has 0 saturated heterocycles. The molecule has 1 aromatic carbocycles. The van der Waals surface area contributed by atoms with E-state index in [0.717, 1.165) is 17.9 Å². The third-order valence-electron chi connectivity index (χ3n) is 2.93. The Morgan fingerprint density at radius 1 is 1.35 bits per heavy atom. The summed E-state index contributed by atoms with van der Waals surface area (Å²) in [5.74, 6) is 0.846. The molecule has 1 N–H and O–H groups in total. The number of rotatable bonds is 6. The number of carboxylic acids is 1. The van der Waals surface area contributed by atoms with Gasteiger partial charge in [-0.05, 0) is 24.0 Å². The highest BCUT2D eigenvalue weighted by atomic mass is 32.2. The monoisotopic (exact) mass is 292 g/mol. The number of benzene rings is 1. The molecule has 20 heavy (non-hydrogen) atoms. The zero-order valence-electron chi connectivity index (χ0n) is 11.2. The van der Waals surface area contributed by atoms with Gasteiger partial charge in [0, 0.05) is 11.9 Å². The van der Waals surface area contributed by atoms with Crippen LogP contribution < -0.4 is 5.56 Å². The van der Waals surface area contributed by atoms with Gasteiger partial charge >= 0.3 is 5.97 Å². The number of hydrogen-bond acceptors (Lipinski definition) is 4. The molecule has 0 spiro atoms. The normalized spacial score (nSPS) is 10.8. The highest BCUT2D eigenvalue weighted by molar-refractivity contribution is 7.99. The molecule has 0 aliphatic heterocycles. The number of fused-ring (bicyclic) bond motifs is 1. The van der Waals surface area contributed by atoms with E-state index < -0.39 is 5.97 Å². The average Bonchev–Trinajstić information content (AvgIpc) is 2.45. The van der Waals surface area contributed by atoms with Gasteiger partial charge in [0.25, 0.3) is 5.56 Å². The lowest BCUT2D eigenvalue weighted by Crippen LogP contribution is -2.26. The zero-order valence-corrected chi connectivity index (χ0v) is 12.0. The highest BCUT2D eigenvalue weighted by Gasteiger charge is 2.15. The summed E-state index contributed by atoms with van der Waals surface area (Å²) >= 11 is 1.79. The highest BCUT2D eigenvalue weighted by Crippen LogP contribution is 2.13. The fourth-order valence-electron chi connectivity index (χ4n) is 2.01. The SMILES string of the molecule is CCSCCCn1nc(C(=O)O)c2ccccc2c1=O. The van der Waals surface area contributed by atoms with E-state index in [9.17, 15) is 14.7 Å². The van der Waals surface area contributed by atoms with Crippen LogP contribution in [0.15, 0.2) is 29.1 Å². The largest absolute Gasteiger partial charge is 0.476 e. The van der Waals surface area contributed by atoms with Crippen molar-refractivity contribution in [2.45, 2.75) is 19.9 Å². The van der Waals surface area contributed by atoms with E-state index in [1.54, 1.807) is 36.0 Å². The van der Waals surface area contributed by atoms with Crippen LogP contribution in [0.3, 0.4) is 0 Å². The van der Waals surface area contributed by atoms with Crippen LogP contribution in [0, 0.1) is 0 Å². The van der Waals surface area contributed by atoms with Crippen LogP contribution in [0.4, 0.5) is 0 Å². The van der Waals surface area contributed by atoms with Gasteiger partial charge in [-0.25, -0.2) is 9.48 Å². The van der Waals surface area contributed by atoms with Crippen molar-refractivity contribution >= 4 is 28.5 Å². The molecule has 0 fully saturated rings. The van der Waals surface area contributed by atoms with Crippen LogP contribution in [-0.2, 0) is 6.54 Å². The second-order valence-electron chi connectivity index (χ2n) is 4.28. The molecule has 0 unspecified atom stereocenters. The number of aromatic nitrogens is 2. The summed E-state index contributed by atoms with van der Waals surface area (Å²) in [6.07, 6.45) is 0.794. The molecular weight excluding hydrogens is 276 g/mol. The summed E-state index contributed by atoms with van der Waals surface area (Å²) in [7, 11) is 0. The summed E-state index contributed by atoms with van der Waals surface area (Å²) < 4.78 is 1.27. The van der Waals surface area contributed by atoms with Crippen molar-refractivity contribution in [1.82, 2.24) is 9.78 Å². The number of aromatic carboxylic acids is 1. The second-order valence-corrected chi connectivity index (χ2v) is 5.67. The maximum Gasteiger partial charge on any atom is 0.357 e. The predicted octanol–water partition coefficient (Wildman–Crippen LogP) is 2.24. The van der Waals surface area contributed by atoms with E-state index in [1.165, 1.54) is 4.68 Å². The third-order valence-corrected chi connectivity index (χ3v) is 3.92. The van der Waals surface area contributed by atoms with Gasteiger partial charge in [0.05, 0.1) is 5.39 Å². The van der Waals surface area contributed by atoms with Crippen LogP contribution in [0.5, 0.6) is 0 Å². The molecule has 2 aromatic rings. The lowest BCUT2D eigenvalue weighted by atomic mass is 10.1. The van der Waals surface area contributed by atoms with E-state index >= 15 is 0 Å². The molecule has 0 bridgehead atoms. The van der Waals surface area contributed by atoms with E-state index in [-0.39, 0.29) is 11.3 Å². The van der Waals surface area contributed by atoms with Gasteiger partial charge in [0.1, 0.15) is 0 Å². The van der Waals surface area contributed by atoms with Crippen LogP contribution in [0.2, 0.25) is 0 Å². The first kappa shape index (κ1) is 14.6. The molecule has 0 radical (unpaired) electrons. The zero-order chi connectivity index (χ0) is 14.5. The third kappa shape index (κ3) is 3.01. The van der Waals surface area contributed by atoms with E-state index in [1.807, 2.05) is 0 Å². The van der Waals surface area contributed by atoms with Gasteiger partial charge in [-0.3, -0.25) is 4.79 Å². The standard InChI is InChI=1S/C14H16N2O3S/c1-2-20-9-5-8-16-13(17)11-7-4-3-6-10(11)12(15-16)14(18)19/h3-4,6-7H,2,5,8-9H2,1H3,(H,18,19). The van der Waals surface area contributed by atoms with Crippen LogP contribution >= 0.6 is 11.8 Å². The molecule has 0 atom stereocenters. The van der Waals surface area contributed by atoms with E-state index in [4.69, 9.17) is 0 Å². The summed E-state index contributed by atoms with van der Waals surface area (Å²) in [6, 6.07) is 6.69. The van der Waals surface area contributed by atoms with Crippen LogP contribution in [0.25, 0.3) is 10.8 Å². The first-order valence-electron chi connectivity index (χ1n) is 6.46. The van der Waals surface area contributed by atoms with Gasteiger partial charge in [-0.1, -0.05) is 25.1 Å². The topological polar surface area (TPSA) is 72.2 Å². The Kier molecular flexibility index (Phi) is 4.79. The Labute approximate surface area is 120 Å². The van der Waals surface area contributed by atoms with Crippen molar-refractivity contribution in [2.75, 3.05) is 11.5 Å². The van der Waals surface area contributed by atoms with E-state index in [2.05, 4.69) is 12.0 Å². The molecular formula is C14H16N2O3S. The second kappa shape index (κ2) is 6.56. The Bertz CT molecular complexity index is 682. The minimum atomic E-state index is -1.11. The maximum atomic E-state index is 12.3. The number of carboxylic acid groups (broad SMARTS) is 1. The van der Waals surface area contributed by atoms with Crippen molar-refractivity contribution in [2.24, 2.45) is 0 Å². The molecule has 5 nitrogen and oxygen atoms in total. The van der Waals surface area contributed by atoms with Crippen molar-refractivity contribution < 1.29 is 9.90 Å². The van der Waals surface area contributed by atoms with Gasteiger partial charge < -0.3 is 5.11 Å². The molecule has 0 aliphatic rings. The number of hydrogen-bond donors (Lipinski definition) is 1. The van der Waals surface area contributed by atoms with E-state index in [0.29, 0.717) is 17.3 Å². The Hall–Kier alpha value is -1.82. The maximum absolute atomic E-state index is 12.3. The minimum absolute atomic E-state index is 0.0663. The predicted molar refractivity (Wildman–Crippen MR) is 80.6 cm³/mol. The first-order valence-corrected chi connectivity index (χ1v) is 7.61. The minimum Gasteiger partial charge on any atom is -0.476 e. The fraction of sp³-hybridized carbons (Fsp3) is 0.357. The molecule has 1 aromatic heterocycles. The fourth-order valence-corrected chi connectivity index (χ4v) is 2.63. The molecule has 106 valence electrons. The molecule has 6 heteroatoms. The summed E-state index contributed by atoms with van der Waals surface area (Å²) in [5, 5.41) is 14.0. The van der Waals surface area contributed by atoms with Crippen LogP contribution in [0.1, 0.15) is 23.8 Å². The number of thioether (sulfide) groups is 1. The number of aryl methyl sites for hydroxylation is 1. The molecule has 2 rings (SSSR count). The molecule has 0 aliphatic carbocycles. The van der Waals surface area contributed by atoms with Gasteiger partial charge in [0.15, 0.2) is 5.69 Å². The number of carbonyl (C=O) groups is 1. The van der Waals surface area contributed by atoms with Crippen molar-refractivity contribution in [3.8, 4) is 0 Å². The molecule has 0 saturated carbocycles. The van der Waals surface area contributed by atoms with Crippen molar-refractivity contribution in [3.63, 3.8) is 0 Å². The number of nitrogens with zero attached hydrogens (tertiary/aromatic N) is 2. The molecule has 1 heterocycles. The van der Waals surface area contributed by atoms with Crippen molar-refractivity contribution in [1.29, 1.82) is 0 Å². The smallest absolute Gasteiger partial charge is 0.357 e.